The summed E-state index contributed by atoms with van der Waals surface area (Å²) in [5, 5.41) is 13.1. The Labute approximate surface area is 239 Å². The molecule has 40 heavy (non-hydrogen) atoms. The number of likely N-dealkylation sites (tertiary alicyclic amines) is 1. The monoisotopic (exact) mass is 545 g/mol. The Hall–Kier alpha value is -3.31. The van der Waals surface area contributed by atoms with Crippen LogP contribution >= 0.6 is 0 Å². The Kier molecular flexibility index (Phi) is 9.25. The fourth-order valence-corrected chi connectivity index (χ4v) is 7.57. The molecule has 1 saturated heterocycles. The Morgan fingerprint density at radius 3 is 2.67 bits per heavy atom. The lowest BCUT2D eigenvalue weighted by Crippen LogP contribution is -2.53. The molecule has 2 fully saturated rings. The highest BCUT2D eigenvalue weighted by molar-refractivity contribution is 5.95. The molecule has 4 unspecified atom stereocenters. The standard InChI is InChI=1S/C32H47N7O/c1-20(2)38-31(36)32(13-14-37-19-21(3)39-15-5-6-27(39)18-33)28-11-9-23(22(4)34)16-24(28)7-8-25-17-26(30(35)40)10-12-29(25)32/h10,12,17,20,23-24,27-28,37H,3-9,11,13-16,19,34H2,1-2H3,(H2,35,40)(H2,36,38)/t23?,24-,27?,28?,32?/m0/s1. The van der Waals surface area contributed by atoms with Crippen molar-refractivity contribution < 1.29 is 4.79 Å². The zero-order chi connectivity index (χ0) is 29.0. The predicted octanol–water partition coefficient (Wildman–Crippen LogP) is 3.72. The summed E-state index contributed by atoms with van der Waals surface area (Å²) in [5.74, 6) is 1.25. The first-order chi connectivity index (χ1) is 19.1. The summed E-state index contributed by atoms with van der Waals surface area (Å²) >= 11 is 0. The van der Waals surface area contributed by atoms with Gasteiger partial charge in [-0.05, 0) is 113 Å². The molecule has 1 amide bonds. The number of carbonyl (C=O) groups excluding carboxylic acids is 1. The summed E-state index contributed by atoms with van der Waals surface area (Å²) in [7, 11) is 0. The second kappa shape index (κ2) is 12.5. The highest BCUT2D eigenvalue weighted by Crippen LogP contribution is 2.53. The van der Waals surface area contributed by atoms with Gasteiger partial charge in [0.05, 0.1) is 11.5 Å². The molecule has 7 N–H and O–H groups in total. The zero-order valence-corrected chi connectivity index (χ0v) is 24.3. The number of amidine groups is 1. The number of rotatable bonds is 10. The largest absolute Gasteiger partial charge is 0.402 e. The van der Waals surface area contributed by atoms with Crippen LogP contribution in [0.2, 0.25) is 0 Å². The molecule has 8 heteroatoms. The molecule has 1 aromatic rings. The number of amides is 1. The Morgan fingerprint density at radius 1 is 1.23 bits per heavy atom. The lowest BCUT2D eigenvalue weighted by molar-refractivity contribution is 0.1000. The molecular formula is C32H47N7O. The fraction of sp³-hybridized carbons (Fsp3) is 0.594. The number of aryl methyl sites for hydroxylation is 1. The molecule has 1 heterocycles. The molecule has 0 spiro atoms. The van der Waals surface area contributed by atoms with Gasteiger partial charge in [0.25, 0.3) is 0 Å². The zero-order valence-electron chi connectivity index (χ0n) is 24.3. The molecule has 216 valence electrons. The first-order valence-corrected chi connectivity index (χ1v) is 14.8. The number of nitrogens with one attached hydrogen (secondary N) is 1. The SMILES string of the molecule is C=C(N)C1CCC2[C@@H](CCc3cc(C(N)=O)ccc3C2(CCNCC(=C)N2CCCC2C#N)C(N)=NC(C)C)C1. The van der Waals surface area contributed by atoms with Gasteiger partial charge in [-0.2, -0.15) is 5.26 Å². The van der Waals surface area contributed by atoms with Crippen molar-refractivity contribution in [1.82, 2.24) is 10.2 Å². The van der Waals surface area contributed by atoms with E-state index in [1.54, 1.807) is 0 Å². The van der Waals surface area contributed by atoms with Crippen molar-refractivity contribution >= 4 is 11.7 Å². The molecule has 0 aromatic heterocycles. The first-order valence-electron chi connectivity index (χ1n) is 14.8. The molecule has 2 aliphatic carbocycles. The normalized spacial score (nSPS) is 28.4. The summed E-state index contributed by atoms with van der Waals surface area (Å²) in [6.07, 6.45) is 7.49. The quantitative estimate of drug-likeness (QED) is 0.200. The number of nitriles is 1. The number of allylic oxidation sites excluding steroid dienone is 1. The number of fused-ring (bicyclic) bond motifs is 2. The minimum absolute atomic E-state index is 0.0536. The lowest BCUT2D eigenvalue weighted by atomic mass is 9.57. The maximum Gasteiger partial charge on any atom is 0.248 e. The van der Waals surface area contributed by atoms with E-state index in [-0.39, 0.29) is 18.0 Å². The summed E-state index contributed by atoms with van der Waals surface area (Å²) in [6.45, 7) is 14.7. The van der Waals surface area contributed by atoms with Crippen molar-refractivity contribution in [3.05, 3.63) is 59.4 Å². The van der Waals surface area contributed by atoms with Crippen LogP contribution in [0.15, 0.2) is 47.7 Å². The molecule has 3 aliphatic rings. The average Bonchev–Trinajstić information content (AvgIpc) is 3.35. The van der Waals surface area contributed by atoms with E-state index in [0.29, 0.717) is 36.3 Å². The maximum absolute atomic E-state index is 12.1. The molecular weight excluding hydrogens is 498 g/mol. The molecule has 1 aromatic carbocycles. The number of aliphatic imine (C=N–C) groups is 1. The third kappa shape index (κ3) is 5.90. The number of nitrogens with two attached hydrogens (primary N) is 3. The van der Waals surface area contributed by atoms with Gasteiger partial charge >= 0.3 is 0 Å². The highest BCUT2D eigenvalue weighted by atomic mass is 16.1. The number of nitrogens with zero attached hydrogens (tertiary/aromatic N) is 3. The first kappa shape index (κ1) is 29.7. The van der Waals surface area contributed by atoms with Gasteiger partial charge in [0.2, 0.25) is 5.91 Å². The molecule has 5 atom stereocenters. The second-order valence-electron chi connectivity index (χ2n) is 12.3. The van der Waals surface area contributed by atoms with E-state index >= 15 is 0 Å². The van der Waals surface area contributed by atoms with Crippen LogP contribution in [-0.2, 0) is 11.8 Å². The van der Waals surface area contributed by atoms with Gasteiger partial charge in [-0.1, -0.05) is 19.2 Å². The van der Waals surface area contributed by atoms with Gasteiger partial charge in [0.15, 0.2) is 0 Å². The minimum atomic E-state index is -0.491. The van der Waals surface area contributed by atoms with Crippen LogP contribution in [0.5, 0.6) is 0 Å². The van der Waals surface area contributed by atoms with Crippen molar-refractivity contribution in [1.29, 1.82) is 5.26 Å². The van der Waals surface area contributed by atoms with Gasteiger partial charge in [0, 0.05) is 36.1 Å². The number of benzene rings is 1. The summed E-state index contributed by atoms with van der Waals surface area (Å²) < 4.78 is 0. The smallest absolute Gasteiger partial charge is 0.248 e. The van der Waals surface area contributed by atoms with Crippen molar-refractivity contribution in [3.63, 3.8) is 0 Å². The third-order valence-corrected chi connectivity index (χ3v) is 9.48. The van der Waals surface area contributed by atoms with Gasteiger partial charge < -0.3 is 27.4 Å². The van der Waals surface area contributed by atoms with E-state index in [0.717, 1.165) is 74.9 Å². The summed E-state index contributed by atoms with van der Waals surface area (Å²) in [4.78, 5) is 19.2. The number of hydrogen-bond donors (Lipinski definition) is 4. The fourth-order valence-electron chi connectivity index (χ4n) is 7.57. The molecule has 1 aliphatic heterocycles. The maximum atomic E-state index is 12.1. The van der Waals surface area contributed by atoms with Crippen molar-refractivity contribution in [2.24, 2.45) is 39.9 Å². The average molecular weight is 546 g/mol. The number of carbonyl (C=O) groups is 1. The van der Waals surface area contributed by atoms with E-state index in [1.807, 2.05) is 12.1 Å². The third-order valence-electron chi connectivity index (χ3n) is 9.48. The minimum Gasteiger partial charge on any atom is -0.402 e. The Balaban J connectivity index is 1.70. The summed E-state index contributed by atoms with van der Waals surface area (Å²) in [6, 6.07) is 8.26. The molecule has 0 radical (unpaired) electrons. The van der Waals surface area contributed by atoms with Gasteiger partial charge in [-0.15, -0.1) is 0 Å². The van der Waals surface area contributed by atoms with Crippen molar-refractivity contribution in [2.75, 3.05) is 19.6 Å². The lowest BCUT2D eigenvalue weighted by Gasteiger charge is -2.48. The van der Waals surface area contributed by atoms with Gasteiger partial charge in [-0.25, -0.2) is 0 Å². The Morgan fingerprint density at radius 2 is 2.00 bits per heavy atom. The van der Waals surface area contributed by atoms with Crippen LogP contribution in [0, 0.1) is 29.1 Å². The Bertz CT molecular complexity index is 1200. The van der Waals surface area contributed by atoms with Crippen molar-refractivity contribution in [3.8, 4) is 6.07 Å². The number of hydrogen-bond acceptors (Lipinski definition) is 6. The van der Waals surface area contributed by atoms with E-state index in [4.69, 9.17) is 22.2 Å². The predicted molar refractivity (Wildman–Crippen MR) is 161 cm³/mol. The van der Waals surface area contributed by atoms with Crippen LogP contribution in [0.25, 0.3) is 0 Å². The van der Waals surface area contributed by atoms with Gasteiger partial charge in [-0.3, -0.25) is 9.79 Å². The molecule has 8 nitrogen and oxygen atoms in total. The van der Waals surface area contributed by atoms with E-state index < -0.39 is 11.3 Å². The topological polar surface area (TPSA) is 147 Å². The van der Waals surface area contributed by atoms with Crippen LogP contribution in [0.3, 0.4) is 0 Å². The van der Waals surface area contributed by atoms with E-state index in [9.17, 15) is 10.1 Å². The second-order valence-corrected chi connectivity index (χ2v) is 12.3. The summed E-state index contributed by atoms with van der Waals surface area (Å²) in [5.41, 5.74) is 23.0. The van der Waals surface area contributed by atoms with Gasteiger partial charge in [0.1, 0.15) is 11.9 Å². The highest BCUT2D eigenvalue weighted by Gasteiger charge is 2.51. The van der Waals surface area contributed by atoms with Crippen LogP contribution in [0.1, 0.15) is 80.3 Å². The van der Waals surface area contributed by atoms with E-state index in [2.05, 4.69) is 49.4 Å². The van der Waals surface area contributed by atoms with E-state index in [1.165, 1.54) is 5.56 Å². The molecule has 4 rings (SSSR count). The molecule has 1 saturated carbocycles. The van der Waals surface area contributed by atoms with Crippen LogP contribution in [0.4, 0.5) is 0 Å². The van der Waals surface area contributed by atoms with Crippen LogP contribution in [-0.4, -0.2) is 48.4 Å². The number of primary amides is 1. The molecule has 0 bridgehead atoms. The van der Waals surface area contributed by atoms with Crippen LogP contribution < -0.4 is 22.5 Å². The van der Waals surface area contributed by atoms with Crippen molar-refractivity contribution in [2.45, 2.75) is 82.7 Å².